The van der Waals surface area contributed by atoms with Crippen molar-refractivity contribution in [1.82, 2.24) is 4.90 Å². The number of hydrogen-bond acceptors (Lipinski definition) is 3. The third kappa shape index (κ3) is 5.45. The lowest BCUT2D eigenvalue weighted by molar-refractivity contribution is -0.197. The van der Waals surface area contributed by atoms with Crippen LogP contribution in [-0.4, -0.2) is 43.0 Å². The van der Waals surface area contributed by atoms with E-state index in [1.54, 1.807) is 0 Å². The van der Waals surface area contributed by atoms with Gasteiger partial charge in [-0.25, -0.2) is 0 Å². The molecule has 2 aliphatic heterocycles. The Labute approximate surface area is 162 Å². The van der Waals surface area contributed by atoms with Crippen molar-refractivity contribution in [2.75, 3.05) is 26.2 Å². The fourth-order valence-corrected chi connectivity index (χ4v) is 5.63. The van der Waals surface area contributed by atoms with Gasteiger partial charge in [-0.05, 0) is 68.2 Å². The maximum atomic E-state index is 6.44. The average molecular weight is 366 g/mol. The molecule has 0 bridgehead atoms. The van der Waals surface area contributed by atoms with Crippen molar-refractivity contribution in [3.8, 4) is 0 Å². The van der Waals surface area contributed by atoms with Crippen molar-refractivity contribution in [1.29, 1.82) is 0 Å². The van der Waals surface area contributed by atoms with Crippen molar-refractivity contribution >= 4 is 0 Å². The van der Waals surface area contributed by atoms with E-state index in [2.05, 4.69) is 39.5 Å². The van der Waals surface area contributed by atoms with Gasteiger partial charge in [0.25, 0.3) is 0 Å². The van der Waals surface area contributed by atoms with Crippen LogP contribution in [0.5, 0.6) is 0 Å². The van der Waals surface area contributed by atoms with Gasteiger partial charge in [-0.3, -0.25) is 0 Å². The predicted octanol–water partition coefficient (Wildman–Crippen LogP) is 5.48. The first-order valence-corrected chi connectivity index (χ1v) is 11.3. The molecule has 2 saturated heterocycles. The van der Waals surface area contributed by atoms with Crippen LogP contribution in [0.3, 0.4) is 0 Å². The van der Waals surface area contributed by atoms with Gasteiger partial charge in [0, 0.05) is 25.9 Å². The molecule has 3 unspecified atom stereocenters. The van der Waals surface area contributed by atoms with Gasteiger partial charge in [0.15, 0.2) is 5.79 Å². The number of nitrogens with zero attached hydrogens (tertiary/aromatic N) is 1. The zero-order valence-electron chi connectivity index (χ0n) is 18.1. The summed E-state index contributed by atoms with van der Waals surface area (Å²) < 4.78 is 12.6. The predicted molar refractivity (Wildman–Crippen MR) is 108 cm³/mol. The van der Waals surface area contributed by atoms with Crippen LogP contribution in [0.4, 0.5) is 0 Å². The highest BCUT2D eigenvalue weighted by Crippen LogP contribution is 2.46. The summed E-state index contributed by atoms with van der Waals surface area (Å²) in [6.07, 6.45) is 10.2. The molecule has 3 atom stereocenters. The van der Waals surface area contributed by atoms with E-state index in [1.165, 1.54) is 58.2 Å². The van der Waals surface area contributed by atoms with Gasteiger partial charge in [0.1, 0.15) is 0 Å². The van der Waals surface area contributed by atoms with Crippen LogP contribution in [0.15, 0.2) is 0 Å². The van der Waals surface area contributed by atoms with Gasteiger partial charge in [-0.15, -0.1) is 0 Å². The highest BCUT2D eigenvalue weighted by atomic mass is 16.7. The van der Waals surface area contributed by atoms with Crippen molar-refractivity contribution in [3.63, 3.8) is 0 Å². The molecule has 1 saturated carbocycles. The molecule has 3 fully saturated rings. The Morgan fingerprint density at radius 2 is 1.65 bits per heavy atom. The summed E-state index contributed by atoms with van der Waals surface area (Å²) in [6, 6.07) is 0. The zero-order chi connectivity index (χ0) is 18.8. The van der Waals surface area contributed by atoms with E-state index in [-0.39, 0.29) is 5.79 Å². The number of hydrogen-bond donors (Lipinski definition) is 0. The Hall–Kier alpha value is -0.120. The van der Waals surface area contributed by atoms with Gasteiger partial charge in [-0.1, -0.05) is 34.6 Å². The summed E-state index contributed by atoms with van der Waals surface area (Å²) in [4.78, 5) is 2.68. The number of rotatable bonds is 5. The van der Waals surface area contributed by atoms with Crippen LogP contribution in [0.1, 0.15) is 86.0 Å². The zero-order valence-corrected chi connectivity index (χ0v) is 18.1. The molecule has 0 aromatic carbocycles. The molecular weight excluding hydrogens is 322 g/mol. The smallest absolute Gasteiger partial charge is 0.168 e. The monoisotopic (exact) mass is 365 g/mol. The van der Waals surface area contributed by atoms with Crippen molar-refractivity contribution in [3.05, 3.63) is 0 Å². The molecule has 3 aliphatic rings. The Kier molecular flexibility index (Phi) is 6.73. The normalized spacial score (nSPS) is 39.6. The maximum Gasteiger partial charge on any atom is 0.168 e. The maximum absolute atomic E-state index is 6.44. The molecule has 0 N–H and O–H groups in total. The molecule has 1 aliphatic carbocycles. The first-order chi connectivity index (χ1) is 12.3. The van der Waals surface area contributed by atoms with Gasteiger partial charge in [0.2, 0.25) is 0 Å². The standard InChI is InChI=1S/C23H43NO2/c1-18-14-19(2)16-24(15-18)13-7-6-8-21-17-25-23(26-21)11-9-20(10-12-23)22(3,4)5/h18-21H,6-17H2,1-5H3. The number of ether oxygens (including phenoxy) is 2. The molecular formula is C23H43NO2. The summed E-state index contributed by atoms with van der Waals surface area (Å²) in [6.45, 7) is 16.6. The van der Waals surface area contributed by atoms with E-state index in [4.69, 9.17) is 9.47 Å². The first kappa shape index (κ1) is 20.6. The van der Waals surface area contributed by atoms with Crippen LogP contribution in [0.2, 0.25) is 0 Å². The molecule has 0 aromatic heterocycles. The second kappa shape index (κ2) is 8.49. The molecule has 2 heterocycles. The van der Waals surface area contributed by atoms with Crippen LogP contribution in [0.25, 0.3) is 0 Å². The minimum atomic E-state index is -0.232. The third-order valence-corrected chi connectivity index (χ3v) is 7.08. The van der Waals surface area contributed by atoms with Crippen LogP contribution in [-0.2, 0) is 9.47 Å². The Morgan fingerprint density at radius 1 is 1.00 bits per heavy atom. The number of piperidine rings is 1. The minimum Gasteiger partial charge on any atom is -0.347 e. The van der Waals surface area contributed by atoms with E-state index in [0.717, 1.165) is 37.2 Å². The second-order valence-electron chi connectivity index (χ2n) is 10.8. The number of unbranched alkanes of at least 4 members (excludes halogenated alkanes) is 1. The lowest BCUT2D eigenvalue weighted by Crippen LogP contribution is -2.39. The van der Waals surface area contributed by atoms with E-state index in [0.29, 0.717) is 11.5 Å². The van der Waals surface area contributed by atoms with Gasteiger partial charge < -0.3 is 14.4 Å². The highest BCUT2D eigenvalue weighted by molar-refractivity contribution is 4.88. The lowest BCUT2D eigenvalue weighted by Gasteiger charge is -2.41. The largest absolute Gasteiger partial charge is 0.347 e. The Balaban J connectivity index is 1.33. The minimum absolute atomic E-state index is 0.232. The van der Waals surface area contributed by atoms with E-state index in [1.807, 2.05) is 0 Å². The Morgan fingerprint density at radius 3 is 2.27 bits per heavy atom. The molecule has 3 heteroatoms. The van der Waals surface area contributed by atoms with Gasteiger partial charge in [0.05, 0.1) is 12.7 Å². The quantitative estimate of drug-likeness (QED) is 0.602. The highest BCUT2D eigenvalue weighted by Gasteiger charge is 2.45. The molecule has 3 rings (SSSR count). The van der Waals surface area contributed by atoms with Gasteiger partial charge >= 0.3 is 0 Å². The molecule has 0 amide bonds. The molecule has 0 aromatic rings. The lowest BCUT2D eigenvalue weighted by atomic mass is 9.71. The fraction of sp³-hybridized carbons (Fsp3) is 1.00. The second-order valence-corrected chi connectivity index (χ2v) is 10.8. The van der Waals surface area contributed by atoms with E-state index >= 15 is 0 Å². The third-order valence-electron chi connectivity index (χ3n) is 7.08. The molecule has 1 spiro atoms. The van der Waals surface area contributed by atoms with Crippen molar-refractivity contribution < 1.29 is 9.47 Å². The average Bonchev–Trinajstić information content (AvgIpc) is 2.93. The van der Waals surface area contributed by atoms with Crippen LogP contribution < -0.4 is 0 Å². The van der Waals surface area contributed by atoms with E-state index in [9.17, 15) is 0 Å². The van der Waals surface area contributed by atoms with Gasteiger partial charge in [-0.2, -0.15) is 0 Å². The van der Waals surface area contributed by atoms with Crippen LogP contribution in [0, 0.1) is 23.2 Å². The molecule has 152 valence electrons. The first-order valence-electron chi connectivity index (χ1n) is 11.3. The summed E-state index contributed by atoms with van der Waals surface area (Å²) in [5.41, 5.74) is 0.420. The molecule has 26 heavy (non-hydrogen) atoms. The van der Waals surface area contributed by atoms with E-state index < -0.39 is 0 Å². The summed E-state index contributed by atoms with van der Waals surface area (Å²) in [7, 11) is 0. The van der Waals surface area contributed by atoms with Crippen molar-refractivity contribution in [2.24, 2.45) is 23.2 Å². The van der Waals surface area contributed by atoms with Crippen LogP contribution >= 0.6 is 0 Å². The molecule has 0 radical (unpaired) electrons. The summed E-state index contributed by atoms with van der Waals surface area (Å²) >= 11 is 0. The SMILES string of the molecule is CC1CC(C)CN(CCCCC2COC3(CCC(C(C)(C)C)CC3)O2)C1. The Bertz CT molecular complexity index is 426. The fourth-order valence-electron chi connectivity index (χ4n) is 5.63. The molecule has 3 nitrogen and oxygen atoms in total. The summed E-state index contributed by atoms with van der Waals surface area (Å²) in [5, 5.41) is 0. The van der Waals surface area contributed by atoms with Crippen molar-refractivity contribution in [2.45, 2.75) is 97.9 Å². The topological polar surface area (TPSA) is 21.7 Å². The number of likely N-dealkylation sites (tertiary alicyclic amines) is 1. The summed E-state index contributed by atoms with van der Waals surface area (Å²) in [5.74, 6) is 2.32.